The molecule has 0 unspecified atom stereocenters. The molecular formula is C12H14N2O4. The Kier molecular flexibility index (Phi) is 3.36. The number of aromatic nitrogens is 2. The number of carboxylic acids is 1. The Balaban J connectivity index is 2.04. The third-order valence-corrected chi connectivity index (χ3v) is 2.17. The van der Waals surface area contributed by atoms with Crippen LogP contribution in [0.15, 0.2) is 28.9 Å². The molecule has 2 aromatic rings. The molecule has 0 aliphatic heterocycles. The topological polar surface area (TPSA) is 77.5 Å². The summed E-state index contributed by atoms with van der Waals surface area (Å²) in [4.78, 5) is 10.7. The largest absolute Gasteiger partial charge is 0.488 e. The van der Waals surface area contributed by atoms with E-state index in [1.54, 1.807) is 23.1 Å². The molecule has 1 N–H and O–H groups in total. The maximum atomic E-state index is 10.7. The second kappa shape index (κ2) is 4.95. The van der Waals surface area contributed by atoms with Crippen LogP contribution in [0.5, 0.6) is 5.75 Å². The molecule has 0 spiro atoms. The first-order valence-electron chi connectivity index (χ1n) is 5.55. The summed E-state index contributed by atoms with van der Waals surface area (Å²) in [5, 5.41) is 12.8. The van der Waals surface area contributed by atoms with E-state index in [-0.39, 0.29) is 11.9 Å². The third kappa shape index (κ3) is 2.91. The number of rotatable bonds is 5. The van der Waals surface area contributed by atoms with Crippen LogP contribution < -0.4 is 4.74 Å². The van der Waals surface area contributed by atoms with Gasteiger partial charge in [-0.05, 0) is 26.0 Å². The van der Waals surface area contributed by atoms with Crippen molar-refractivity contribution in [1.82, 2.24) is 9.78 Å². The monoisotopic (exact) mass is 250 g/mol. The molecule has 0 amide bonds. The van der Waals surface area contributed by atoms with Gasteiger partial charge in [0.15, 0.2) is 5.75 Å². The fraction of sp³-hybridized carbons (Fsp3) is 0.333. The van der Waals surface area contributed by atoms with Gasteiger partial charge in [-0.3, -0.25) is 4.68 Å². The van der Waals surface area contributed by atoms with Crippen LogP contribution in [-0.4, -0.2) is 27.0 Å². The molecule has 2 rings (SSSR count). The van der Waals surface area contributed by atoms with Gasteiger partial charge in [0.1, 0.15) is 5.76 Å². The number of nitrogens with zero attached hydrogens (tertiary/aromatic N) is 2. The van der Waals surface area contributed by atoms with Gasteiger partial charge in [0.05, 0.1) is 25.0 Å². The van der Waals surface area contributed by atoms with Crippen LogP contribution in [0.4, 0.5) is 0 Å². The van der Waals surface area contributed by atoms with E-state index in [1.165, 1.54) is 6.07 Å². The average Bonchev–Trinajstić information content (AvgIpc) is 2.88. The number of aromatic carboxylic acids is 1. The van der Waals surface area contributed by atoms with E-state index in [0.717, 1.165) is 0 Å². The number of ether oxygens (including phenoxy) is 1. The van der Waals surface area contributed by atoms with Crippen LogP contribution in [-0.2, 0) is 6.54 Å². The minimum Gasteiger partial charge on any atom is -0.488 e. The Morgan fingerprint density at radius 3 is 2.94 bits per heavy atom. The summed E-state index contributed by atoms with van der Waals surface area (Å²) in [7, 11) is 0. The first-order chi connectivity index (χ1) is 8.54. The van der Waals surface area contributed by atoms with Gasteiger partial charge in [-0.15, -0.1) is 0 Å². The van der Waals surface area contributed by atoms with Crippen molar-refractivity contribution in [2.75, 3.05) is 0 Å². The Morgan fingerprint density at radius 1 is 1.56 bits per heavy atom. The SMILES string of the molecule is CC(C)Oc1cnn(Cc2ccc(C(=O)O)o2)c1. The molecule has 0 fully saturated rings. The molecule has 6 nitrogen and oxygen atoms in total. The van der Waals surface area contributed by atoms with E-state index in [0.29, 0.717) is 18.1 Å². The van der Waals surface area contributed by atoms with Crippen LogP contribution in [0, 0.1) is 0 Å². The molecule has 0 saturated heterocycles. The van der Waals surface area contributed by atoms with Gasteiger partial charge in [0, 0.05) is 0 Å². The lowest BCUT2D eigenvalue weighted by Crippen LogP contribution is -2.04. The molecule has 0 saturated carbocycles. The van der Waals surface area contributed by atoms with Crippen molar-refractivity contribution in [3.05, 3.63) is 36.0 Å². The smallest absolute Gasteiger partial charge is 0.371 e. The quantitative estimate of drug-likeness (QED) is 0.878. The lowest BCUT2D eigenvalue weighted by atomic mass is 10.4. The molecule has 0 aliphatic rings. The second-order valence-electron chi connectivity index (χ2n) is 4.11. The zero-order valence-electron chi connectivity index (χ0n) is 10.2. The van der Waals surface area contributed by atoms with Crippen molar-refractivity contribution < 1.29 is 19.1 Å². The van der Waals surface area contributed by atoms with Gasteiger partial charge in [0.25, 0.3) is 0 Å². The van der Waals surface area contributed by atoms with Crippen molar-refractivity contribution in [2.24, 2.45) is 0 Å². The van der Waals surface area contributed by atoms with Crippen LogP contribution in [0.1, 0.15) is 30.2 Å². The Morgan fingerprint density at radius 2 is 2.33 bits per heavy atom. The number of hydrogen-bond donors (Lipinski definition) is 1. The van der Waals surface area contributed by atoms with Gasteiger partial charge in [0.2, 0.25) is 5.76 Å². The minimum absolute atomic E-state index is 0.0733. The summed E-state index contributed by atoms with van der Waals surface area (Å²) in [6, 6.07) is 3.04. The second-order valence-corrected chi connectivity index (χ2v) is 4.11. The summed E-state index contributed by atoms with van der Waals surface area (Å²) in [5.41, 5.74) is 0. The van der Waals surface area contributed by atoms with Crippen molar-refractivity contribution >= 4 is 5.97 Å². The van der Waals surface area contributed by atoms with E-state index in [4.69, 9.17) is 14.3 Å². The summed E-state index contributed by atoms with van der Waals surface area (Å²) in [6.45, 7) is 4.24. The normalized spacial score (nSPS) is 10.8. The van der Waals surface area contributed by atoms with E-state index >= 15 is 0 Å². The summed E-state index contributed by atoms with van der Waals surface area (Å²) < 4.78 is 12.2. The van der Waals surface area contributed by atoms with Crippen LogP contribution in [0.3, 0.4) is 0 Å². The third-order valence-electron chi connectivity index (χ3n) is 2.17. The van der Waals surface area contributed by atoms with Crippen molar-refractivity contribution in [1.29, 1.82) is 0 Å². The summed E-state index contributed by atoms with van der Waals surface area (Å²) in [6.07, 6.45) is 3.44. The molecule has 2 heterocycles. The lowest BCUT2D eigenvalue weighted by Gasteiger charge is -2.05. The van der Waals surface area contributed by atoms with Crippen LogP contribution in [0.2, 0.25) is 0 Å². The van der Waals surface area contributed by atoms with E-state index in [2.05, 4.69) is 5.10 Å². The first-order valence-corrected chi connectivity index (χ1v) is 5.55. The highest BCUT2D eigenvalue weighted by atomic mass is 16.5. The number of furan rings is 1. The average molecular weight is 250 g/mol. The molecule has 0 bridgehead atoms. The summed E-state index contributed by atoms with van der Waals surface area (Å²) >= 11 is 0. The minimum atomic E-state index is -1.08. The molecule has 96 valence electrons. The molecule has 0 aromatic carbocycles. The molecule has 18 heavy (non-hydrogen) atoms. The number of carboxylic acid groups (broad SMARTS) is 1. The highest BCUT2D eigenvalue weighted by Crippen LogP contribution is 2.13. The summed E-state index contributed by atoms with van der Waals surface area (Å²) in [5.74, 6) is 0.0583. The predicted octanol–water partition coefficient (Wildman–Crippen LogP) is 2.01. The molecular weight excluding hydrogens is 236 g/mol. The maximum absolute atomic E-state index is 10.7. The predicted molar refractivity (Wildman–Crippen MR) is 62.8 cm³/mol. The Labute approximate surface area is 104 Å². The van der Waals surface area contributed by atoms with Crippen molar-refractivity contribution in [3.63, 3.8) is 0 Å². The number of carbonyl (C=O) groups is 1. The maximum Gasteiger partial charge on any atom is 0.371 e. The zero-order chi connectivity index (χ0) is 13.1. The van der Waals surface area contributed by atoms with Crippen molar-refractivity contribution in [3.8, 4) is 5.75 Å². The van der Waals surface area contributed by atoms with Gasteiger partial charge >= 0.3 is 5.97 Å². The molecule has 0 radical (unpaired) electrons. The van der Waals surface area contributed by atoms with Gasteiger partial charge < -0.3 is 14.3 Å². The highest BCUT2D eigenvalue weighted by Gasteiger charge is 2.10. The van der Waals surface area contributed by atoms with Crippen molar-refractivity contribution in [2.45, 2.75) is 26.5 Å². The van der Waals surface area contributed by atoms with Gasteiger partial charge in [-0.2, -0.15) is 5.10 Å². The number of hydrogen-bond acceptors (Lipinski definition) is 4. The standard InChI is InChI=1S/C12H14N2O4/c1-8(2)17-10-5-13-14(7-10)6-9-3-4-11(18-9)12(15)16/h3-5,7-8H,6H2,1-2H3,(H,15,16). The van der Waals surface area contributed by atoms with Gasteiger partial charge in [-0.1, -0.05) is 0 Å². The molecule has 6 heteroatoms. The fourth-order valence-electron chi connectivity index (χ4n) is 1.50. The van der Waals surface area contributed by atoms with Crippen LogP contribution in [0.25, 0.3) is 0 Å². The van der Waals surface area contributed by atoms with E-state index < -0.39 is 5.97 Å². The molecule has 0 aliphatic carbocycles. The Bertz CT molecular complexity index is 542. The van der Waals surface area contributed by atoms with E-state index in [9.17, 15) is 4.79 Å². The molecule has 2 aromatic heterocycles. The lowest BCUT2D eigenvalue weighted by molar-refractivity contribution is 0.0660. The van der Waals surface area contributed by atoms with Gasteiger partial charge in [-0.25, -0.2) is 4.79 Å². The van der Waals surface area contributed by atoms with E-state index in [1.807, 2.05) is 13.8 Å². The molecule has 0 atom stereocenters. The highest BCUT2D eigenvalue weighted by molar-refractivity contribution is 5.84. The van der Waals surface area contributed by atoms with Crippen LogP contribution >= 0.6 is 0 Å². The zero-order valence-corrected chi connectivity index (χ0v) is 10.2. The first kappa shape index (κ1) is 12.2. The fourth-order valence-corrected chi connectivity index (χ4v) is 1.50. The Hall–Kier alpha value is -2.24.